The second-order valence-electron chi connectivity index (χ2n) is 5.48. The maximum Gasteiger partial charge on any atom is 0.312 e. The zero-order valence-corrected chi connectivity index (χ0v) is 10.8. The molecule has 0 saturated carbocycles. The molecule has 1 aliphatic rings. The van der Waals surface area contributed by atoms with E-state index in [-0.39, 0.29) is 12.6 Å². The quantitative estimate of drug-likeness (QED) is 0.857. The van der Waals surface area contributed by atoms with Crippen molar-refractivity contribution in [3.63, 3.8) is 0 Å². The molecule has 1 unspecified atom stereocenters. The molecular formula is C14H19NO3. The Morgan fingerprint density at radius 1 is 1.56 bits per heavy atom. The first-order valence-electron chi connectivity index (χ1n) is 6.15. The molecule has 1 atom stereocenters. The fourth-order valence-electron chi connectivity index (χ4n) is 2.04. The summed E-state index contributed by atoms with van der Waals surface area (Å²) in [6.07, 6.45) is 1.94. The van der Waals surface area contributed by atoms with Crippen molar-refractivity contribution < 1.29 is 14.6 Å². The highest BCUT2D eigenvalue weighted by Crippen LogP contribution is 2.32. The van der Waals surface area contributed by atoms with E-state index < -0.39 is 11.4 Å². The Labute approximate surface area is 107 Å². The van der Waals surface area contributed by atoms with Gasteiger partial charge in [-0.15, -0.1) is 0 Å². The van der Waals surface area contributed by atoms with E-state index in [1.807, 2.05) is 18.2 Å². The van der Waals surface area contributed by atoms with Gasteiger partial charge in [-0.05, 0) is 49.9 Å². The van der Waals surface area contributed by atoms with Crippen molar-refractivity contribution in [2.24, 2.45) is 11.1 Å². The highest BCUT2D eigenvalue weighted by molar-refractivity contribution is 5.73. The van der Waals surface area contributed by atoms with Crippen LogP contribution in [0.1, 0.15) is 37.4 Å². The van der Waals surface area contributed by atoms with Crippen LogP contribution in [0, 0.1) is 5.41 Å². The van der Waals surface area contributed by atoms with E-state index in [2.05, 4.69) is 0 Å². The van der Waals surface area contributed by atoms with Crippen LogP contribution in [0.25, 0.3) is 0 Å². The summed E-state index contributed by atoms with van der Waals surface area (Å²) in [7, 11) is 0. The van der Waals surface area contributed by atoms with Crippen molar-refractivity contribution >= 4 is 5.97 Å². The van der Waals surface area contributed by atoms with E-state index in [0.717, 1.165) is 18.6 Å². The molecule has 0 fully saturated rings. The SMILES string of the molecule is CC(C)(COc1ccc2c(c1)CCC2N)C(=O)O. The molecule has 98 valence electrons. The Hall–Kier alpha value is -1.55. The van der Waals surface area contributed by atoms with Gasteiger partial charge in [0, 0.05) is 6.04 Å². The summed E-state index contributed by atoms with van der Waals surface area (Å²) in [5.74, 6) is -0.136. The van der Waals surface area contributed by atoms with E-state index in [0.29, 0.717) is 0 Å². The fourth-order valence-corrected chi connectivity index (χ4v) is 2.04. The molecular weight excluding hydrogens is 230 g/mol. The monoisotopic (exact) mass is 249 g/mol. The molecule has 0 amide bonds. The van der Waals surface area contributed by atoms with Crippen molar-refractivity contribution in [3.05, 3.63) is 29.3 Å². The lowest BCUT2D eigenvalue weighted by Gasteiger charge is -2.19. The van der Waals surface area contributed by atoms with Crippen LogP contribution in [0.15, 0.2) is 18.2 Å². The molecule has 0 spiro atoms. The number of carbonyl (C=O) groups is 1. The summed E-state index contributed by atoms with van der Waals surface area (Å²) in [6, 6.07) is 5.95. The number of benzene rings is 1. The molecule has 1 aromatic rings. The van der Waals surface area contributed by atoms with Gasteiger partial charge in [-0.25, -0.2) is 0 Å². The normalized spacial score (nSPS) is 18.5. The maximum atomic E-state index is 11.0. The minimum absolute atomic E-state index is 0.129. The lowest BCUT2D eigenvalue weighted by atomic mass is 9.95. The van der Waals surface area contributed by atoms with Crippen LogP contribution in [-0.4, -0.2) is 17.7 Å². The average molecular weight is 249 g/mol. The second kappa shape index (κ2) is 4.61. The summed E-state index contributed by atoms with van der Waals surface area (Å²) in [4.78, 5) is 11.0. The van der Waals surface area contributed by atoms with Gasteiger partial charge in [-0.3, -0.25) is 4.79 Å². The van der Waals surface area contributed by atoms with Crippen LogP contribution in [0.2, 0.25) is 0 Å². The molecule has 0 saturated heterocycles. The molecule has 0 bridgehead atoms. The summed E-state index contributed by atoms with van der Waals surface area (Å²) >= 11 is 0. The molecule has 0 aromatic heterocycles. The molecule has 0 heterocycles. The number of hydrogen-bond donors (Lipinski definition) is 2. The van der Waals surface area contributed by atoms with Crippen LogP contribution in [0.5, 0.6) is 5.75 Å². The number of aliphatic carboxylic acids is 1. The number of nitrogens with two attached hydrogens (primary N) is 1. The molecule has 4 nitrogen and oxygen atoms in total. The first kappa shape index (κ1) is 12.9. The standard InChI is InChI=1S/C14H19NO3/c1-14(2,13(16)17)8-18-10-4-5-11-9(7-10)3-6-12(11)15/h4-5,7,12H,3,6,8,15H2,1-2H3,(H,16,17). The van der Waals surface area contributed by atoms with Crippen molar-refractivity contribution in [1.29, 1.82) is 0 Å². The third-order valence-electron chi connectivity index (χ3n) is 3.42. The largest absolute Gasteiger partial charge is 0.492 e. The molecule has 1 aromatic carbocycles. The van der Waals surface area contributed by atoms with Gasteiger partial charge in [0.05, 0.1) is 5.41 Å². The number of fused-ring (bicyclic) bond motifs is 1. The Morgan fingerprint density at radius 2 is 2.28 bits per heavy atom. The first-order valence-corrected chi connectivity index (χ1v) is 6.15. The van der Waals surface area contributed by atoms with Crippen LogP contribution >= 0.6 is 0 Å². The van der Waals surface area contributed by atoms with Gasteiger partial charge < -0.3 is 15.6 Å². The number of aryl methyl sites for hydroxylation is 1. The maximum absolute atomic E-state index is 11.0. The van der Waals surface area contributed by atoms with E-state index in [9.17, 15) is 4.79 Å². The van der Waals surface area contributed by atoms with Crippen molar-refractivity contribution in [3.8, 4) is 5.75 Å². The van der Waals surface area contributed by atoms with Crippen LogP contribution in [0.3, 0.4) is 0 Å². The van der Waals surface area contributed by atoms with Gasteiger partial charge in [0.1, 0.15) is 12.4 Å². The number of rotatable bonds is 4. The summed E-state index contributed by atoms with van der Waals surface area (Å²) in [6.45, 7) is 3.46. The van der Waals surface area contributed by atoms with Gasteiger partial charge in [0.15, 0.2) is 0 Å². The second-order valence-corrected chi connectivity index (χ2v) is 5.48. The summed E-state index contributed by atoms with van der Waals surface area (Å²) in [5, 5.41) is 9.01. The number of carboxylic acids is 1. The lowest BCUT2D eigenvalue weighted by Crippen LogP contribution is -2.30. The number of hydrogen-bond acceptors (Lipinski definition) is 3. The molecule has 1 aliphatic carbocycles. The highest BCUT2D eigenvalue weighted by Gasteiger charge is 2.28. The zero-order chi connectivity index (χ0) is 13.3. The molecule has 0 radical (unpaired) electrons. The van der Waals surface area contributed by atoms with E-state index in [1.54, 1.807) is 13.8 Å². The summed E-state index contributed by atoms with van der Waals surface area (Å²) in [5.41, 5.74) is 7.48. The van der Waals surface area contributed by atoms with Gasteiger partial charge in [0.25, 0.3) is 0 Å². The third-order valence-corrected chi connectivity index (χ3v) is 3.42. The van der Waals surface area contributed by atoms with E-state index in [1.165, 1.54) is 11.1 Å². The lowest BCUT2D eigenvalue weighted by molar-refractivity contribution is -0.148. The first-order chi connectivity index (χ1) is 8.40. The molecule has 18 heavy (non-hydrogen) atoms. The summed E-state index contributed by atoms with van der Waals surface area (Å²) < 4.78 is 5.57. The van der Waals surface area contributed by atoms with Crippen LogP contribution in [0.4, 0.5) is 0 Å². The molecule has 0 aliphatic heterocycles. The molecule has 4 heteroatoms. The van der Waals surface area contributed by atoms with Crippen LogP contribution < -0.4 is 10.5 Å². The fraction of sp³-hybridized carbons (Fsp3) is 0.500. The zero-order valence-electron chi connectivity index (χ0n) is 10.8. The Morgan fingerprint density at radius 3 is 2.94 bits per heavy atom. The third kappa shape index (κ3) is 2.48. The van der Waals surface area contributed by atoms with E-state index >= 15 is 0 Å². The number of ether oxygens (including phenoxy) is 1. The topological polar surface area (TPSA) is 72.5 Å². The van der Waals surface area contributed by atoms with Crippen molar-refractivity contribution in [2.45, 2.75) is 32.7 Å². The highest BCUT2D eigenvalue weighted by atomic mass is 16.5. The average Bonchev–Trinajstić information content (AvgIpc) is 2.68. The Kier molecular flexibility index (Phi) is 3.30. The molecule has 3 N–H and O–H groups in total. The van der Waals surface area contributed by atoms with Crippen molar-refractivity contribution in [2.75, 3.05) is 6.61 Å². The Bertz CT molecular complexity index is 468. The smallest absolute Gasteiger partial charge is 0.312 e. The minimum Gasteiger partial charge on any atom is -0.492 e. The van der Waals surface area contributed by atoms with Crippen LogP contribution in [-0.2, 0) is 11.2 Å². The Balaban J connectivity index is 2.06. The minimum atomic E-state index is -0.880. The van der Waals surface area contributed by atoms with Gasteiger partial charge in [-0.2, -0.15) is 0 Å². The predicted molar refractivity (Wildman–Crippen MR) is 68.6 cm³/mol. The molecule has 2 rings (SSSR count). The van der Waals surface area contributed by atoms with Gasteiger partial charge >= 0.3 is 5.97 Å². The van der Waals surface area contributed by atoms with Crippen molar-refractivity contribution in [1.82, 2.24) is 0 Å². The van der Waals surface area contributed by atoms with E-state index in [4.69, 9.17) is 15.6 Å². The number of carboxylic acid groups (broad SMARTS) is 1. The van der Waals surface area contributed by atoms with Gasteiger partial charge in [0.2, 0.25) is 0 Å². The predicted octanol–water partition coefficient (Wildman–Crippen LogP) is 2.12. The van der Waals surface area contributed by atoms with Gasteiger partial charge in [-0.1, -0.05) is 6.07 Å².